The van der Waals surface area contributed by atoms with Crippen LogP contribution in [0.5, 0.6) is 5.75 Å². The number of methoxy groups -OCH3 is 1. The van der Waals surface area contributed by atoms with Crippen molar-refractivity contribution in [2.45, 2.75) is 26.6 Å². The van der Waals surface area contributed by atoms with E-state index in [2.05, 4.69) is 0 Å². The van der Waals surface area contributed by atoms with E-state index in [0.717, 1.165) is 5.56 Å². The molecule has 1 atom stereocenters. The molecule has 106 valence electrons. The molecule has 1 aromatic heterocycles. The molecule has 0 bridgehead atoms. The number of hydrogen-bond acceptors (Lipinski definition) is 4. The van der Waals surface area contributed by atoms with E-state index in [9.17, 15) is 4.79 Å². The predicted octanol–water partition coefficient (Wildman–Crippen LogP) is 3.23. The molecule has 4 heteroatoms. The van der Waals surface area contributed by atoms with E-state index >= 15 is 0 Å². The number of ether oxygens (including phenoxy) is 2. The fourth-order valence-corrected chi connectivity index (χ4v) is 1.87. The van der Waals surface area contributed by atoms with Crippen molar-refractivity contribution in [1.82, 2.24) is 0 Å². The number of aryl methyl sites for hydroxylation is 1. The van der Waals surface area contributed by atoms with Gasteiger partial charge in [-0.25, -0.2) is 0 Å². The molecule has 1 unspecified atom stereocenters. The van der Waals surface area contributed by atoms with Gasteiger partial charge in [0.15, 0.2) is 5.76 Å². The highest BCUT2D eigenvalue weighted by Crippen LogP contribution is 2.25. The van der Waals surface area contributed by atoms with E-state index in [1.165, 1.54) is 6.07 Å². The molecule has 0 saturated heterocycles. The molecule has 0 aliphatic rings. The monoisotopic (exact) mass is 274 g/mol. The van der Waals surface area contributed by atoms with Crippen molar-refractivity contribution in [1.29, 1.82) is 0 Å². The van der Waals surface area contributed by atoms with Gasteiger partial charge in [-0.2, -0.15) is 0 Å². The molecule has 0 spiro atoms. The van der Waals surface area contributed by atoms with Crippen molar-refractivity contribution in [2.75, 3.05) is 7.11 Å². The predicted molar refractivity (Wildman–Crippen MR) is 75.9 cm³/mol. The Balaban J connectivity index is 2.28. The van der Waals surface area contributed by atoms with Gasteiger partial charge in [0.25, 0.3) is 0 Å². The lowest BCUT2D eigenvalue weighted by Gasteiger charge is -2.14. The van der Waals surface area contributed by atoms with Crippen LogP contribution in [0.4, 0.5) is 0 Å². The van der Waals surface area contributed by atoms with Crippen LogP contribution in [0.25, 0.3) is 0 Å². The quantitative estimate of drug-likeness (QED) is 0.839. The summed E-state index contributed by atoms with van der Waals surface area (Å²) in [5.74, 6) is 1.18. The Labute approximate surface area is 118 Å². The molecule has 0 N–H and O–H groups in total. The maximum absolute atomic E-state index is 12.1. The molecule has 0 fully saturated rings. The second-order valence-corrected chi connectivity index (χ2v) is 4.57. The molecule has 2 aromatic rings. The lowest BCUT2D eigenvalue weighted by atomic mass is 10.2. The number of benzene rings is 1. The van der Waals surface area contributed by atoms with Crippen LogP contribution in [-0.4, -0.2) is 7.11 Å². The zero-order chi connectivity index (χ0) is 14.5. The standard InChI is InChI=1S/C16H18O4/c1-11-9-14(17)16(15(20-11)12(2)18-3)19-10-13-7-5-4-6-8-13/h4-9,12H,10H2,1-3H3. The Bertz CT molecular complexity index is 616. The zero-order valence-corrected chi connectivity index (χ0v) is 11.9. The van der Waals surface area contributed by atoms with E-state index in [0.29, 0.717) is 18.1 Å². The molecule has 0 aliphatic carbocycles. The SMILES string of the molecule is COC(C)c1oc(C)cc(=O)c1OCc1ccccc1. The highest BCUT2D eigenvalue weighted by atomic mass is 16.5. The summed E-state index contributed by atoms with van der Waals surface area (Å²) in [7, 11) is 1.56. The second-order valence-electron chi connectivity index (χ2n) is 4.57. The van der Waals surface area contributed by atoms with Gasteiger partial charge in [-0.15, -0.1) is 0 Å². The van der Waals surface area contributed by atoms with Crippen molar-refractivity contribution in [3.63, 3.8) is 0 Å². The Morgan fingerprint density at radius 3 is 2.60 bits per heavy atom. The van der Waals surface area contributed by atoms with Gasteiger partial charge in [0.2, 0.25) is 11.2 Å². The first kappa shape index (κ1) is 14.3. The van der Waals surface area contributed by atoms with Crippen LogP contribution in [0, 0.1) is 6.92 Å². The maximum Gasteiger partial charge on any atom is 0.227 e. The van der Waals surface area contributed by atoms with Crippen molar-refractivity contribution in [2.24, 2.45) is 0 Å². The van der Waals surface area contributed by atoms with Crippen LogP contribution in [0.1, 0.15) is 30.1 Å². The maximum atomic E-state index is 12.1. The summed E-state index contributed by atoms with van der Waals surface area (Å²) < 4.78 is 16.5. The van der Waals surface area contributed by atoms with E-state index < -0.39 is 0 Å². The highest BCUT2D eigenvalue weighted by Gasteiger charge is 2.18. The Hall–Kier alpha value is -2.07. The fourth-order valence-electron chi connectivity index (χ4n) is 1.87. The third kappa shape index (κ3) is 3.27. The summed E-state index contributed by atoms with van der Waals surface area (Å²) >= 11 is 0. The average molecular weight is 274 g/mol. The second kappa shape index (κ2) is 6.39. The first-order valence-electron chi connectivity index (χ1n) is 6.46. The molecular weight excluding hydrogens is 256 g/mol. The van der Waals surface area contributed by atoms with Crippen LogP contribution in [0.3, 0.4) is 0 Å². The number of rotatable bonds is 5. The molecule has 20 heavy (non-hydrogen) atoms. The summed E-state index contributed by atoms with van der Waals surface area (Å²) in [5, 5.41) is 0. The van der Waals surface area contributed by atoms with E-state index in [-0.39, 0.29) is 17.3 Å². The van der Waals surface area contributed by atoms with E-state index in [1.807, 2.05) is 37.3 Å². The van der Waals surface area contributed by atoms with E-state index in [4.69, 9.17) is 13.9 Å². The molecule has 0 amide bonds. The van der Waals surface area contributed by atoms with Gasteiger partial charge in [0.05, 0.1) is 0 Å². The minimum Gasteiger partial charge on any atom is -0.482 e. The van der Waals surface area contributed by atoms with Gasteiger partial charge in [0, 0.05) is 13.2 Å². The highest BCUT2D eigenvalue weighted by molar-refractivity contribution is 5.28. The summed E-state index contributed by atoms with van der Waals surface area (Å²) in [6, 6.07) is 11.1. The van der Waals surface area contributed by atoms with Gasteiger partial charge in [-0.1, -0.05) is 30.3 Å². The minimum atomic E-state index is -0.339. The largest absolute Gasteiger partial charge is 0.482 e. The van der Waals surface area contributed by atoms with Gasteiger partial charge in [-0.3, -0.25) is 4.79 Å². The van der Waals surface area contributed by atoms with Crippen LogP contribution in [-0.2, 0) is 11.3 Å². The summed E-state index contributed by atoms with van der Waals surface area (Å²) in [6.45, 7) is 3.86. The normalized spacial score (nSPS) is 12.2. The summed E-state index contributed by atoms with van der Waals surface area (Å²) in [4.78, 5) is 12.1. The third-order valence-electron chi connectivity index (χ3n) is 3.00. The molecule has 0 saturated carbocycles. The molecule has 2 rings (SSSR count). The van der Waals surface area contributed by atoms with Gasteiger partial charge in [0.1, 0.15) is 18.5 Å². The van der Waals surface area contributed by atoms with Gasteiger partial charge in [-0.05, 0) is 19.4 Å². The third-order valence-corrected chi connectivity index (χ3v) is 3.00. The number of hydrogen-bond donors (Lipinski definition) is 0. The Kier molecular flexibility index (Phi) is 4.58. The average Bonchev–Trinajstić information content (AvgIpc) is 2.46. The van der Waals surface area contributed by atoms with Gasteiger partial charge >= 0.3 is 0 Å². The molecule has 1 heterocycles. The van der Waals surface area contributed by atoms with Crippen molar-refractivity contribution >= 4 is 0 Å². The Morgan fingerprint density at radius 1 is 1.25 bits per heavy atom. The lowest BCUT2D eigenvalue weighted by molar-refractivity contribution is 0.0906. The minimum absolute atomic E-state index is 0.191. The molecule has 4 nitrogen and oxygen atoms in total. The van der Waals surface area contributed by atoms with Gasteiger partial charge < -0.3 is 13.9 Å². The van der Waals surface area contributed by atoms with Crippen LogP contribution >= 0.6 is 0 Å². The summed E-state index contributed by atoms with van der Waals surface area (Å²) in [6.07, 6.45) is -0.339. The van der Waals surface area contributed by atoms with E-state index in [1.54, 1.807) is 14.0 Å². The molecule has 0 radical (unpaired) electrons. The molecule has 0 aliphatic heterocycles. The lowest BCUT2D eigenvalue weighted by Crippen LogP contribution is -2.13. The van der Waals surface area contributed by atoms with Crippen LogP contribution in [0.15, 0.2) is 45.6 Å². The smallest absolute Gasteiger partial charge is 0.227 e. The van der Waals surface area contributed by atoms with Crippen molar-refractivity contribution in [3.8, 4) is 5.75 Å². The Morgan fingerprint density at radius 2 is 1.95 bits per heavy atom. The van der Waals surface area contributed by atoms with Crippen molar-refractivity contribution in [3.05, 3.63) is 63.7 Å². The van der Waals surface area contributed by atoms with Crippen LogP contribution < -0.4 is 10.2 Å². The topological polar surface area (TPSA) is 48.7 Å². The summed E-state index contributed by atoms with van der Waals surface area (Å²) in [5.41, 5.74) is 0.798. The van der Waals surface area contributed by atoms with Crippen LogP contribution in [0.2, 0.25) is 0 Å². The first-order chi connectivity index (χ1) is 9.61. The molecule has 1 aromatic carbocycles. The fraction of sp³-hybridized carbons (Fsp3) is 0.312. The van der Waals surface area contributed by atoms with Crippen molar-refractivity contribution < 1.29 is 13.9 Å². The molecular formula is C16H18O4. The zero-order valence-electron chi connectivity index (χ0n) is 11.9. The first-order valence-corrected chi connectivity index (χ1v) is 6.46.